The Hall–Kier alpha value is -3.96. The Morgan fingerprint density at radius 2 is 1.65 bits per heavy atom. The number of allylic oxidation sites excluding steroid dienone is 1. The molecule has 216 valence electrons. The standard InChI is InChI=1S/C29H36F3N5O3/c1-20(2)28(19-33,22-10-13-24(39-5)25(18-22)40-6)15-7-16-36(3)17-14-21-8-11-23(12-9-21)37(4)27(38)26(35-34)29(30,31)32/h8-13,18,20H,7,14-17H2,1-6H3/p+1/b27-26-. The van der Waals surface area contributed by atoms with Crippen LogP contribution in [0.2, 0.25) is 0 Å². The van der Waals surface area contributed by atoms with Gasteiger partial charge in [-0.05, 0) is 74.2 Å². The maximum atomic E-state index is 12.9. The molecule has 0 saturated carbocycles. The smallest absolute Gasteiger partial charge is 0.493 e. The van der Waals surface area contributed by atoms with E-state index in [2.05, 4.69) is 15.9 Å². The zero-order chi connectivity index (χ0) is 30.1. The van der Waals surface area contributed by atoms with Crippen molar-refractivity contribution < 1.29 is 27.8 Å². The average Bonchev–Trinajstić information content (AvgIpc) is 2.93. The largest absolute Gasteiger partial charge is 0.523 e. The van der Waals surface area contributed by atoms with E-state index in [1.165, 1.54) is 7.05 Å². The molecule has 0 aliphatic rings. The van der Waals surface area contributed by atoms with Gasteiger partial charge in [0, 0.05) is 19.3 Å². The number of aliphatic hydroxyl groups is 1. The Bertz CT molecular complexity index is 1250. The molecule has 0 aliphatic heterocycles. The molecule has 8 nitrogen and oxygen atoms in total. The second-order valence-electron chi connectivity index (χ2n) is 9.96. The number of diazo groups is 1. The van der Waals surface area contributed by atoms with E-state index in [9.17, 15) is 23.5 Å². The zero-order valence-electron chi connectivity index (χ0n) is 23.8. The number of alkyl halides is 3. The molecule has 2 rings (SSSR count). The molecule has 0 radical (unpaired) electrons. The molecule has 0 aliphatic carbocycles. The van der Waals surface area contributed by atoms with Gasteiger partial charge in [0.1, 0.15) is 0 Å². The van der Waals surface area contributed by atoms with Gasteiger partial charge in [-0.2, -0.15) is 18.4 Å². The molecule has 0 aromatic heterocycles. The van der Waals surface area contributed by atoms with Gasteiger partial charge in [-0.1, -0.05) is 32.0 Å². The van der Waals surface area contributed by atoms with E-state index in [0.29, 0.717) is 30.0 Å². The highest BCUT2D eigenvalue weighted by atomic mass is 19.4. The minimum atomic E-state index is -5.00. The Labute approximate surface area is 233 Å². The molecule has 0 amide bonds. The minimum absolute atomic E-state index is 0.0742. The Morgan fingerprint density at radius 3 is 2.15 bits per heavy atom. The van der Waals surface area contributed by atoms with Crippen LogP contribution in [0.3, 0.4) is 0 Å². The molecule has 2 aromatic rings. The van der Waals surface area contributed by atoms with Crippen LogP contribution < -0.4 is 14.4 Å². The van der Waals surface area contributed by atoms with Crippen LogP contribution in [0.25, 0.3) is 4.98 Å². The fourth-order valence-corrected chi connectivity index (χ4v) is 4.58. The van der Waals surface area contributed by atoms with Crippen molar-refractivity contribution in [1.29, 1.82) is 10.7 Å². The highest BCUT2D eigenvalue weighted by Crippen LogP contribution is 2.40. The predicted octanol–water partition coefficient (Wildman–Crippen LogP) is 6.65. The number of nitriles is 1. The molecule has 0 bridgehead atoms. The van der Waals surface area contributed by atoms with Gasteiger partial charge < -0.3 is 24.4 Å². The minimum Gasteiger partial charge on any atom is -0.493 e. The fourth-order valence-electron chi connectivity index (χ4n) is 4.58. The van der Waals surface area contributed by atoms with Crippen LogP contribution in [0.1, 0.15) is 37.8 Å². The highest BCUT2D eigenvalue weighted by molar-refractivity contribution is 5.52. The molecule has 11 heteroatoms. The quantitative estimate of drug-likeness (QED) is 0.216. The summed E-state index contributed by atoms with van der Waals surface area (Å²) in [7, 11) is 6.40. The summed E-state index contributed by atoms with van der Waals surface area (Å²) >= 11 is 0. The summed E-state index contributed by atoms with van der Waals surface area (Å²) in [6, 6.07) is 14.9. The maximum Gasteiger partial charge on any atom is 0.523 e. The lowest BCUT2D eigenvalue weighted by Gasteiger charge is -2.32. The SMILES string of the molecule is COc1ccc(C(C#N)(CCCN(C)CCc2ccc(N(C)/C(O)=C(/[N+]#N)C(F)(F)F)cc2)C(C)C)cc1OC. The molecule has 1 atom stereocenters. The van der Waals surface area contributed by atoms with E-state index in [1.54, 1.807) is 38.5 Å². The second-order valence-corrected chi connectivity index (χ2v) is 9.96. The van der Waals surface area contributed by atoms with E-state index in [4.69, 9.17) is 14.9 Å². The van der Waals surface area contributed by atoms with Gasteiger partial charge >= 0.3 is 11.9 Å². The van der Waals surface area contributed by atoms with Crippen LogP contribution in [0.15, 0.2) is 54.0 Å². The van der Waals surface area contributed by atoms with Gasteiger partial charge in [0.2, 0.25) is 5.39 Å². The first-order valence-electron chi connectivity index (χ1n) is 12.8. The van der Waals surface area contributed by atoms with Crippen LogP contribution in [0.5, 0.6) is 11.5 Å². The van der Waals surface area contributed by atoms with Crippen molar-refractivity contribution in [3.63, 3.8) is 0 Å². The monoisotopic (exact) mass is 560 g/mol. The lowest BCUT2D eigenvalue weighted by atomic mass is 9.69. The highest BCUT2D eigenvalue weighted by Gasteiger charge is 2.51. The van der Waals surface area contributed by atoms with Gasteiger partial charge in [0.25, 0.3) is 5.88 Å². The van der Waals surface area contributed by atoms with Gasteiger partial charge in [-0.3, -0.25) is 0 Å². The number of anilines is 1. The Morgan fingerprint density at radius 1 is 1.02 bits per heavy atom. The van der Waals surface area contributed by atoms with Crippen LogP contribution >= 0.6 is 0 Å². The van der Waals surface area contributed by atoms with Crippen LogP contribution in [-0.4, -0.2) is 57.6 Å². The average molecular weight is 561 g/mol. The number of ether oxygens (including phenoxy) is 2. The van der Waals surface area contributed by atoms with Crippen LogP contribution in [-0.2, 0) is 11.8 Å². The summed E-state index contributed by atoms with van der Waals surface area (Å²) in [5, 5.41) is 28.8. The van der Waals surface area contributed by atoms with E-state index in [-0.39, 0.29) is 5.92 Å². The Kier molecular flexibility index (Phi) is 11.2. The lowest BCUT2D eigenvalue weighted by molar-refractivity contribution is -0.0914. The molecule has 0 fully saturated rings. The van der Waals surface area contributed by atoms with Crippen LogP contribution in [0, 0.1) is 22.6 Å². The number of hydrogen-bond donors (Lipinski definition) is 1. The molecule has 1 N–H and O–H groups in total. The van der Waals surface area contributed by atoms with Crippen molar-refractivity contribution in [2.75, 3.05) is 46.3 Å². The molecule has 0 saturated heterocycles. The van der Waals surface area contributed by atoms with Crippen molar-refractivity contribution in [2.45, 2.75) is 44.7 Å². The molecular formula is C29H37F3N5O3+. The molecule has 2 aromatic carbocycles. The van der Waals surface area contributed by atoms with Crippen molar-refractivity contribution in [3.8, 4) is 17.6 Å². The summed E-state index contributed by atoms with van der Waals surface area (Å²) in [5.41, 5.74) is -0.292. The molecule has 0 heterocycles. The van der Waals surface area contributed by atoms with Crippen molar-refractivity contribution in [3.05, 3.63) is 70.1 Å². The topological polar surface area (TPSA) is 97.1 Å². The first-order chi connectivity index (χ1) is 18.8. The van der Waals surface area contributed by atoms with Crippen molar-refractivity contribution >= 4 is 5.69 Å². The van der Waals surface area contributed by atoms with Gasteiger partial charge in [-0.25, -0.2) is 0 Å². The van der Waals surface area contributed by atoms with E-state index >= 15 is 0 Å². The molecule has 0 spiro atoms. The van der Waals surface area contributed by atoms with Crippen LogP contribution in [0.4, 0.5) is 18.9 Å². The lowest BCUT2D eigenvalue weighted by Crippen LogP contribution is -2.32. The maximum absolute atomic E-state index is 12.9. The number of nitrogens with zero attached hydrogens (tertiary/aromatic N) is 5. The van der Waals surface area contributed by atoms with Gasteiger partial charge in [0.15, 0.2) is 16.5 Å². The number of aliphatic hydroxyl groups excluding tert-OH is 1. The molecular weight excluding hydrogens is 523 g/mol. The third-order valence-corrected chi connectivity index (χ3v) is 7.20. The van der Waals surface area contributed by atoms with E-state index in [0.717, 1.165) is 35.5 Å². The number of likely N-dealkylation sites (N-methyl/N-ethyl adjacent to an activating group) is 1. The Balaban J connectivity index is 2.01. The summed E-state index contributed by atoms with van der Waals surface area (Å²) in [6.07, 6.45) is -2.84. The van der Waals surface area contributed by atoms with Gasteiger partial charge in [-0.15, -0.1) is 0 Å². The second kappa shape index (κ2) is 13.9. The number of halogens is 3. The normalized spacial score (nSPS) is 13.7. The fraction of sp³-hybridized carbons (Fsp3) is 0.483. The van der Waals surface area contributed by atoms with Crippen molar-refractivity contribution in [1.82, 2.24) is 4.90 Å². The zero-order valence-corrected chi connectivity index (χ0v) is 23.8. The molecule has 40 heavy (non-hydrogen) atoms. The molecule has 1 unspecified atom stereocenters. The summed E-state index contributed by atoms with van der Waals surface area (Å²) in [6.45, 7) is 5.60. The van der Waals surface area contributed by atoms with E-state index in [1.807, 2.05) is 39.1 Å². The van der Waals surface area contributed by atoms with Crippen molar-refractivity contribution in [2.24, 2.45) is 5.92 Å². The first-order valence-corrected chi connectivity index (χ1v) is 12.8. The number of benzene rings is 2. The summed E-state index contributed by atoms with van der Waals surface area (Å²) < 4.78 is 49.6. The summed E-state index contributed by atoms with van der Waals surface area (Å²) in [4.78, 5) is 5.25. The first kappa shape index (κ1) is 32.3. The number of hydrogen-bond acceptors (Lipinski definition) is 7. The van der Waals surface area contributed by atoms with Gasteiger partial charge in [0.05, 0.1) is 25.7 Å². The summed E-state index contributed by atoms with van der Waals surface area (Å²) in [5.74, 6) is 0.0711. The third kappa shape index (κ3) is 7.57. The number of methoxy groups -OCH3 is 2. The number of rotatable bonds is 13. The third-order valence-electron chi connectivity index (χ3n) is 7.20. The van der Waals surface area contributed by atoms with E-state index < -0.39 is 23.2 Å². The predicted molar refractivity (Wildman–Crippen MR) is 148 cm³/mol.